The van der Waals surface area contributed by atoms with Crippen molar-refractivity contribution in [2.45, 2.75) is 39.3 Å². The number of carbonyl (C=O) groups is 2. The van der Waals surface area contributed by atoms with Gasteiger partial charge in [0.05, 0.1) is 5.71 Å². The molecule has 0 heterocycles. The van der Waals surface area contributed by atoms with Crippen molar-refractivity contribution in [3.63, 3.8) is 0 Å². The highest BCUT2D eigenvalue weighted by atomic mass is 16.6. The Morgan fingerprint density at radius 2 is 1.77 bits per heavy atom. The lowest BCUT2D eigenvalue weighted by Crippen LogP contribution is -2.42. The number of nitrogens with zero attached hydrogens (tertiary/aromatic N) is 1. The number of para-hydroxylation sites is 1. The summed E-state index contributed by atoms with van der Waals surface area (Å²) in [6, 6.07) is 7.60. The van der Waals surface area contributed by atoms with E-state index >= 15 is 0 Å². The Morgan fingerprint density at radius 3 is 2.29 bits per heavy atom. The van der Waals surface area contributed by atoms with Crippen molar-refractivity contribution in [1.29, 1.82) is 0 Å². The third kappa shape index (κ3) is 15.3. The van der Waals surface area contributed by atoms with Crippen molar-refractivity contribution in [3.8, 4) is 5.75 Å². The second kappa shape index (κ2) is 14.8. The Balaban J connectivity index is 0.000000954. The summed E-state index contributed by atoms with van der Waals surface area (Å²) in [6.45, 7) is 12.6. The van der Waals surface area contributed by atoms with Crippen molar-refractivity contribution in [2.24, 2.45) is 5.16 Å². The minimum absolute atomic E-state index is 0.0401. The number of aliphatic carboxylic acids is 2. The van der Waals surface area contributed by atoms with Gasteiger partial charge in [0.2, 0.25) is 0 Å². The van der Waals surface area contributed by atoms with E-state index in [4.69, 9.17) is 19.8 Å². The van der Waals surface area contributed by atoms with E-state index in [1.54, 1.807) is 6.08 Å². The Morgan fingerprint density at radius 1 is 1.19 bits per heavy atom. The monoisotopic (exact) mass is 436 g/mol. The second-order valence-electron chi connectivity index (χ2n) is 7.36. The molecule has 1 aromatic rings. The number of hydrogen-bond donors (Lipinski definition) is 4. The van der Waals surface area contributed by atoms with Crippen molar-refractivity contribution < 1.29 is 34.5 Å². The van der Waals surface area contributed by atoms with Gasteiger partial charge in [-0.05, 0) is 39.8 Å². The molecular formula is C22H32N2O7. The van der Waals surface area contributed by atoms with Gasteiger partial charge in [-0.2, -0.15) is 0 Å². The van der Waals surface area contributed by atoms with Crippen molar-refractivity contribution in [1.82, 2.24) is 5.32 Å². The number of aliphatic hydroxyl groups is 1. The number of ether oxygens (including phenoxy) is 1. The molecule has 9 nitrogen and oxygen atoms in total. The van der Waals surface area contributed by atoms with Gasteiger partial charge in [0.25, 0.3) is 0 Å². The lowest BCUT2D eigenvalue weighted by Gasteiger charge is -2.22. The fraction of sp³-hybridized carbons (Fsp3) is 0.409. The van der Waals surface area contributed by atoms with E-state index in [-0.39, 0.29) is 12.1 Å². The molecule has 172 valence electrons. The maximum absolute atomic E-state index is 9.87. The minimum atomic E-state index is -1.26. The summed E-state index contributed by atoms with van der Waals surface area (Å²) in [7, 11) is 0. The first kappa shape index (κ1) is 27.8. The van der Waals surface area contributed by atoms with Crippen LogP contribution in [0.2, 0.25) is 0 Å². The van der Waals surface area contributed by atoms with Crippen LogP contribution in [-0.2, 0) is 14.4 Å². The quantitative estimate of drug-likeness (QED) is 0.180. The molecule has 1 rings (SSSR count). The van der Waals surface area contributed by atoms with Gasteiger partial charge in [-0.1, -0.05) is 29.9 Å². The number of hydrogen-bond acceptors (Lipinski definition) is 7. The van der Waals surface area contributed by atoms with Crippen LogP contribution in [-0.4, -0.2) is 64.4 Å². The van der Waals surface area contributed by atoms with Gasteiger partial charge < -0.3 is 30.2 Å². The zero-order valence-corrected chi connectivity index (χ0v) is 18.4. The first-order chi connectivity index (χ1) is 14.5. The molecular weight excluding hydrogens is 404 g/mol. The summed E-state index contributed by atoms with van der Waals surface area (Å²) in [5, 5.41) is 32.8. The molecule has 0 fully saturated rings. The highest BCUT2D eigenvalue weighted by Crippen LogP contribution is 2.19. The Kier molecular flexibility index (Phi) is 13.2. The fourth-order valence-electron chi connectivity index (χ4n) is 1.93. The molecule has 0 aliphatic rings. The molecule has 0 aliphatic carbocycles. The topological polar surface area (TPSA) is 138 Å². The SMILES string of the molecule is C=CCOc1ccccc1/C(C)=N/OCC(O)CNC(C)(C)C.O=C(O)/C=C\C(=O)O. The number of carboxylic acids is 2. The molecule has 0 spiro atoms. The van der Waals surface area contributed by atoms with Crippen molar-refractivity contribution in [2.75, 3.05) is 19.8 Å². The largest absolute Gasteiger partial charge is 0.489 e. The number of nitrogens with one attached hydrogen (secondary N) is 1. The smallest absolute Gasteiger partial charge is 0.328 e. The maximum Gasteiger partial charge on any atom is 0.328 e. The summed E-state index contributed by atoms with van der Waals surface area (Å²) >= 11 is 0. The summed E-state index contributed by atoms with van der Waals surface area (Å²) < 4.78 is 5.60. The number of aliphatic hydroxyl groups excluding tert-OH is 1. The van der Waals surface area contributed by atoms with Crippen LogP contribution in [0.3, 0.4) is 0 Å². The van der Waals surface area contributed by atoms with Crippen LogP contribution in [0.25, 0.3) is 0 Å². The van der Waals surface area contributed by atoms with Gasteiger partial charge >= 0.3 is 11.9 Å². The third-order valence-corrected chi connectivity index (χ3v) is 3.34. The van der Waals surface area contributed by atoms with Gasteiger partial charge in [-0.25, -0.2) is 9.59 Å². The van der Waals surface area contributed by atoms with Crippen molar-refractivity contribution in [3.05, 3.63) is 54.6 Å². The molecule has 0 radical (unpaired) electrons. The van der Waals surface area contributed by atoms with Gasteiger partial charge in [0.15, 0.2) is 0 Å². The third-order valence-electron chi connectivity index (χ3n) is 3.34. The first-order valence-corrected chi connectivity index (χ1v) is 9.53. The summed E-state index contributed by atoms with van der Waals surface area (Å²) in [5.41, 5.74) is 1.51. The highest BCUT2D eigenvalue weighted by molar-refractivity contribution is 6.00. The van der Waals surface area contributed by atoms with E-state index < -0.39 is 18.0 Å². The zero-order chi connectivity index (χ0) is 23.9. The number of rotatable bonds is 11. The number of benzene rings is 1. The first-order valence-electron chi connectivity index (χ1n) is 9.53. The van der Waals surface area contributed by atoms with Crippen LogP contribution in [0.1, 0.15) is 33.3 Å². The Bertz CT molecular complexity index is 751. The lowest BCUT2D eigenvalue weighted by molar-refractivity contribution is -0.134. The molecule has 0 saturated heterocycles. The van der Waals surface area contributed by atoms with Crippen LogP contribution in [0, 0.1) is 0 Å². The predicted molar refractivity (Wildman–Crippen MR) is 118 cm³/mol. The normalized spacial score (nSPS) is 12.5. The van der Waals surface area contributed by atoms with Gasteiger partial charge in [-0.15, -0.1) is 0 Å². The lowest BCUT2D eigenvalue weighted by atomic mass is 10.1. The molecule has 1 unspecified atom stereocenters. The molecule has 1 aromatic carbocycles. The molecule has 0 aromatic heterocycles. The molecule has 0 amide bonds. The highest BCUT2D eigenvalue weighted by Gasteiger charge is 2.13. The standard InChI is InChI=1S/C18H28N2O3.C4H4O4/c1-6-11-22-17-10-8-7-9-16(17)14(2)20-23-13-15(21)12-19-18(3,4)5;5-3(6)1-2-4(7)8/h6-10,15,19,21H,1,11-13H2,2-5H3;1-2H,(H,5,6)(H,7,8)/b20-14+;2-1-. The number of β-amino-alcohol motifs (C(OH)–C–C–N with tert-alkyl or cyclic N) is 1. The molecule has 31 heavy (non-hydrogen) atoms. The van der Waals surface area contributed by atoms with Gasteiger partial charge in [-0.3, -0.25) is 0 Å². The average molecular weight is 437 g/mol. The summed E-state index contributed by atoms with van der Waals surface area (Å²) in [4.78, 5) is 24.4. The molecule has 4 N–H and O–H groups in total. The van der Waals surface area contributed by atoms with E-state index in [2.05, 4.69) is 17.1 Å². The van der Waals surface area contributed by atoms with Crippen LogP contribution in [0.15, 0.2) is 54.2 Å². The predicted octanol–water partition coefficient (Wildman–Crippen LogP) is 2.45. The molecule has 0 saturated carbocycles. The van der Waals surface area contributed by atoms with E-state index in [1.165, 1.54) is 0 Å². The second-order valence-corrected chi connectivity index (χ2v) is 7.36. The van der Waals surface area contributed by atoms with Crippen LogP contribution in [0.5, 0.6) is 5.75 Å². The minimum Gasteiger partial charge on any atom is -0.489 e. The van der Waals surface area contributed by atoms with Crippen LogP contribution in [0.4, 0.5) is 0 Å². The van der Waals surface area contributed by atoms with Crippen LogP contribution < -0.4 is 10.1 Å². The van der Waals surface area contributed by atoms with Gasteiger partial charge in [0, 0.05) is 29.8 Å². The number of oxime groups is 1. The van der Waals surface area contributed by atoms with E-state index in [9.17, 15) is 14.7 Å². The van der Waals surface area contributed by atoms with Gasteiger partial charge in [0.1, 0.15) is 25.1 Å². The van der Waals surface area contributed by atoms with E-state index in [0.717, 1.165) is 11.3 Å². The average Bonchev–Trinajstić information content (AvgIpc) is 2.69. The van der Waals surface area contributed by atoms with Crippen LogP contribution >= 0.6 is 0 Å². The molecule has 0 aliphatic heterocycles. The fourth-order valence-corrected chi connectivity index (χ4v) is 1.93. The Labute approximate surface area is 182 Å². The maximum atomic E-state index is 9.87. The zero-order valence-electron chi connectivity index (χ0n) is 18.4. The molecule has 1 atom stereocenters. The van der Waals surface area contributed by atoms with E-state index in [0.29, 0.717) is 31.0 Å². The van der Waals surface area contributed by atoms with Crippen molar-refractivity contribution >= 4 is 17.7 Å². The summed E-state index contributed by atoms with van der Waals surface area (Å²) in [5.74, 6) is -1.79. The molecule has 9 heteroatoms. The molecule has 0 bridgehead atoms. The Hall–Kier alpha value is -3.17. The summed E-state index contributed by atoms with van der Waals surface area (Å²) in [6.07, 6.45) is 2.20. The van der Waals surface area contributed by atoms with E-state index in [1.807, 2.05) is 52.0 Å². The number of carboxylic acid groups (broad SMARTS) is 2.